The first-order chi connectivity index (χ1) is 13.5. The number of benzene rings is 1. The van der Waals surface area contributed by atoms with Gasteiger partial charge in [-0.2, -0.15) is 5.10 Å². The van der Waals surface area contributed by atoms with Crippen molar-refractivity contribution in [2.24, 2.45) is 0 Å². The third-order valence-electron chi connectivity index (χ3n) is 4.87. The van der Waals surface area contributed by atoms with E-state index in [1.807, 2.05) is 48.0 Å². The average molecular weight is 379 g/mol. The van der Waals surface area contributed by atoms with Gasteiger partial charge in [-0.1, -0.05) is 30.3 Å². The summed E-state index contributed by atoms with van der Waals surface area (Å²) in [6.07, 6.45) is 0.440. The summed E-state index contributed by atoms with van der Waals surface area (Å²) in [6.45, 7) is 3.42. The van der Waals surface area contributed by atoms with Crippen LogP contribution in [0.2, 0.25) is 0 Å². The molecule has 3 heterocycles. The number of aliphatic carboxylic acids is 1. The molecule has 0 atom stereocenters. The fraction of sp³-hybridized carbons (Fsp3) is 0.300. The first-order valence-corrected chi connectivity index (χ1v) is 9.20. The van der Waals surface area contributed by atoms with Crippen molar-refractivity contribution >= 4 is 11.9 Å². The summed E-state index contributed by atoms with van der Waals surface area (Å²) in [6, 6.07) is 11.6. The van der Waals surface area contributed by atoms with Gasteiger partial charge in [0.15, 0.2) is 0 Å². The Kier molecular flexibility index (Phi) is 4.68. The molecule has 0 unspecified atom stereocenters. The van der Waals surface area contributed by atoms with Crippen LogP contribution in [0, 0.1) is 6.92 Å². The number of carboxylic acid groups (broad SMARTS) is 1. The summed E-state index contributed by atoms with van der Waals surface area (Å²) < 4.78 is 1.85. The summed E-state index contributed by atoms with van der Waals surface area (Å²) in [5.41, 5.74) is 3.76. The van der Waals surface area contributed by atoms with Crippen molar-refractivity contribution in [3.05, 3.63) is 59.2 Å². The van der Waals surface area contributed by atoms with E-state index in [9.17, 15) is 9.59 Å². The molecular formula is C20H21N5O3. The van der Waals surface area contributed by atoms with Crippen LogP contribution in [0.5, 0.6) is 0 Å². The lowest BCUT2D eigenvalue weighted by Crippen LogP contribution is -2.38. The number of rotatable bonds is 5. The maximum absolute atomic E-state index is 13.0. The smallest absolute Gasteiger partial charge is 0.303 e. The van der Waals surface area contributed by atoms with Gasteiger partial charge in [-0.25, -0.2) is 4.98 Å². The van der Waals surface area contributed by atoms with E-state index >= 15 is 0 Å². The molecule has 0 radical (unpaired) electrons. The van der Waals surface area contributed by atoms with Crippen molar-refractivity contribution < 1.29 is 14.7 Å². The molecule has 2 N–H and O–H groups in total. The first-order valence-electron chi connectivity index (χ1n) is 9.20. The molecule has 3 aromatic rings. The molecule has 1 aliphatic rings. The van der Waals surface area contributed by atoms with Gasteiger partial charge < -0.3 is 15.0 Å². The van der Waals surface area contributed by atoms with Crippen LogP contribution < -0.4 is 0 Å². The van der Waals surface area contributed by atoms with Crippen LogP contribution in [-0.2, 0) is 24.3 Å². The predicted octanol–water partition coefficient (Wildman–Crippen LogP) is 2.25. The van der Waals surface area contributed by atoms with Gasteiger partial charge in [0.1, 0.15) is 11.5 Å². The summed E-state index contributed by atoms with van der Waals surface area (Å²) in [4.78, 5) is 33.3. The third kappa shape index (κ3) is 3.53. The molecule has 0 saturated carbocycles. The maximum Gasteiger partial charge on any atom is 0.303 e. The molecule has 4 rings (SSSR count). The zero-order valence-corrected chi connectivity index (χ0v) is 15.6. The number of amides is 1. The Morgan fingerprint density at radius 2 is 2.00 bits per heavy atom. The van der Waals surface area contributed by atoms with Gasteiger partial charge >= 0.3 is 5.97 Å². The van der Waals surface area contributed by atoms with Crippen molar-refractivity contribution in [1.82, 2.24) is 24.6 Å². The number of carbonyl (C=O) groups excluding carboxylic acids is 1. The van der Waals surface area contributed by atoms with Crippen molar-refractivity contribution in [3.63, 3.8) is 0 Å². The number of aryl methyl sites for hydroxylation is 2. The molecule has 0 bridgehead atoms. The lowest BCUT2D eigenvalue weighted by molar-refractivity contribution is -0.136. The number of carboxylic acids is 1. The molecular weight excluding hydrogens is 358 g/mol. The molecule has 144 valence electrons. The number of H-pyrrole nitrogens is 1. The molecule has 8 heteroatoms. The average Bonchev–Trinajstić information content (AvgIpc) is 3.29. The Balaban J connectivity index is 1.51. The molecule has 8 nitrogen and oxygen atoms in total. The van der Waals surface area contributed by atoms with Crippen LogP contribution in [0.3, 0.4) is 0 Å². The first kappa shape index (κ1) is 18.0. The minimum absolute atomic E-state index is 0.0494. The van der Waals surface area contributed by atoms with Gasteiger partial charge in [-0.05, 0) is 13.0 Å². The van der Waals surface area contributed by atoms with Crippen molar-refractivity contribution in [1.29, 1.82) is 0 Å². The number of aromatic nitrogens is 4. The Morgan fingerprint density at radius 3 is 2.75 bits per heavy atom. The van der Waals surface area contributed by atoms with Crippen molar-refractivity contribution in [2.75, 3.05) is 6.54 Å². The summed E-state index contributed by atoms with van der Waals surface area (Å²) >= 11 is 0. The molecule has 0 spiro atoms. The van der Waals surface area contributed by atoms with E-state index in [0.717, 1.165) is 22.6 Å². The van der Waals surface area contributed by atoms with E-state index in [2.05, 4.69) is 15.1 Å². The minimum atomic E-state index is -0.842. The van der Waals surface area contributed by atoms with Crippen LogP contribution in [-0.4, -0.2) is 48.2 Å². The van der Waals surface area contributed by atoms with Gasteiger partial charge in [0.2, 0.25) is 0 Å². The molecule has 0 saturated heterocycles. The summed E-state index contributed by atoms with van der Waals surface area (Å²) in [7, 11) is 0. The van der Waals surface area contributed by atoms with E-state index in [0.29, 0.717) is 37.6 Å². The fourth-order valence-corrected chi connectivity index (χ4v) is 3.41. The number of fused-ring (bicyclic) bond motifs is 1. The summed E-state index contributed by atoms with van der Waals surface area (Å²) in [5, 5.41) is 13.3. The lowest BCUT2D eigenvalue weighted by Gasteiger charge is -2.27. The number of hydrogen-bond acceptors (Lipinski definition) is 4. The van der Waals surface area contributed by atoms with E-state index < -0.39 is 5.97 Å². The van der Waals surface area contributed by atoms with Crippen LogP contribution >= 0.6 is 0 Å². The highest BCUT2D eigenvalue weighted by Gasteiger charge is 2.26. The second-order valence-electron chi connectivity index (χ2n) is 6.90. The van der Waals surface area contributed by atoms with E-state index in [4.69, 9.17) is 5.11 Å². The Labute approximate surface area is 161 Å². The minimum Gasteiger partial charge on any atom is -0.481 e. The number of aromatic amines is 1. The Morgan fingerprint density at radius 1 is 1.21 bits per heavy atom. The number of nitrogens with one attached hydrogen (secondary N) is 1. The van der Waals surface area contributed by atoms with E-state index in [1.165, 1.54) is 0 Å². The largest absolute Gasteiger partial charge is 0.481 e. The molecule has 28 heavy (non-hydrogen) atoms. The molecule has 2 aromatic heterocycles. The normalized spacial score (nSPS) is 13.4. The zero-order valence-electron chi connectivity index (χ0n) is 15.6. The van der Waals surface area contributed by atoms with Gasteiger partial charge in [0, 0.05) is 24.2 Å². The standard InChI is InChI=1S/C20H21N5O3/c1-13-18(22-19(21-13)14-5-3-2-4-6-14)20(28)24-9-10-25-16(12-24)11-15(23-25)7-8-17(26)27/h2-6,11H,7-10,12H2,1H3,(H,21,22)(H,26,27). The van der Waals surface area contributed by atoms with Crippen molar-refractivity contribution in [3.8, 4) is 11.4 Å². The Hall–Kier alpha value is -3.42. The molecule has 1 aromatic carbocycles. The highest BCUT2D eigenvalue weighted by atomic mass is 16.4. The molecule has 0 fully saturated rings. The maximum atomic E-state index is 13.0. The number of carbonyl (C=O) groups is 2. The predicted molar refractivity (Wildman–Crippen MR) is 102 cm³/mol. The fourth-order valence-electron chi connectivity index (χ4n) is 3.41. The van der Waals surface area contributed by atoms with Crippen LogP contribution in [0.4, 0.5) is 0 Å². The molecule has 0 aliphatic carbocycles. The van der Waals surface area contributed by atoms with Gasteiger partial charge in [0.25, 0.3) is 5.91 Å². The van der Waals surface area contributed by atoms with Crippen LogP contribution in [0.1, 0.15) is 34.0 Å². The quantitative estimate of drug-likeness (QED) is 0.708. The number of imidazole rings is 1. The number of nitrogens with zero attached hydrogens (tertiary/aromatic N) is 4. The van der Waals surface area contributed by atoms with Crippen molar-refractivity contribution in [2.45, 2.75) is 32.9 Å². The Bertz CT molecular complexity index is 1020. The van der Waals surface area contributed by atoms with Crippen LogP contribution in [0.15, 0.2) is 36.4 Å². The lowest BCUT2D eigenvalue weighted by atomic mass is 10.2. The molecule has 1 aliphatic heterocycles. The van der Waals surface area contributed by atoms with E-state index in [1.54, 1.807) is 4.90 Å². The highest BCUT2D eigenvalue weighted by molar-refractivity contribution is 5.94. The topological polar surface area (TPSA) is 104 Å². The second-order valence-corrected chi connectivity index (χ2v) is 6.90. The highest BCUT2D eigenvalue weighted by Crippen LogP contribution is 2.21. The molecule has 1 amide bonds. The van der Waals surface area contributed by atoms with E-state index in [-0.39, 0.29) is 12.3 Å². The van der Waals surface area contributed by atoms with Crippen LogP contribution in [0.25, 0.3) is 11.4 Å². The summed E-state index contributed by atoms with van der Waals surface area (Å²) in [5.74, 6) is -0.277. The third-order valence-corrected chi connectivity index (χ3v) is 4.87. The van der Waals surface area contributed by atoms with Gasteiger partial charge in [0.05, 0.1) is 30.9 Å². The zero-order chi connectivity index (χ0) is 19.7. The second kappa shape index (κ2) is 7.30. The SMILES string of the molecule is Cc1[nH]c(-c2ccccc2)nc1C(=O)N1CCn2nc(CCC(=O)O)cc2C1. The monoisotopic (exact) mass is 379 g/mol. The van der Waals surface area contributed by atoms with Gasteiger partial charge in [-0.3, -0.25) is 14.3 Å². The number of hydrogen-bond donors (Lipinski definition) is 2. The van der Waals surface area contributed by atoms with Gasteiger partial charge in [-0.15, -0.1) is 0 Å².